The molecular formula is C15H27BO3. The smallest absolute Gasteiger partial charge is 0.498 e. The maximum Gasteiger partial charge on any atom is 0.498 e. The van der Waals surface area contributed by atoms with Gasteiger partial charge in [0.25, 0.3) is 0 Å². The average Bonchev–Trinajstić information content (AvgIpc) is 2.53. The molecule has 1 N–H and O–H groups in total. The summed E-state index contributed by atoms with van der Waals surface area (Å²) in [4.78, 5) is 0. The van der Waals surface area contributed by atoms with Crippen molar-refractivity contribution in [1.82, 2.24) is 0 Å². The fourth-order valence-electron chi connectivity index (χ4n) is 1.83. The van der Waals surface area contributed by atoms with Crippen molar-refractivity contribution in [1.29, 1.82) is 0 Å². The highest BCUT2D eigenvalue weighted by Crippen LogP contribution is 2.39. The molecule has 0 radical (unpaired) electrons. The van der Waals surface area contributed by atoms with E-state index in [4.69, 9.17) is 9.31 Å². The molecule has 1 aliphatic heterocycles. The quantitative estimate of drug-likeness (QED) is 0.471. The molecule has 0 aromatic heterocycles. The van der Waals surface area contributed by atoms with E-state index in [-0.39, 0.29) is 11.2 Å². The van der Waals surface area contributed by atoms with E-state index in [1.54, 1.807) is 0 Å². The van der Waals surface area contributed by atoms with Gasteiger partial charge in [-0.05, 0) is 41.0 Å². The Morgan fingerprint density at radius 1 is 1.05 bits per heavy atom. The van der Waals surface area contributed by atoms with Crippen molar-refractivity contribution in [3.8, 4) is 0 Å². The number of aliphatic hydroxyl groups excluding tert-OH is 1. The van der Waals surface area contributed by atoms with Crippen molar-refractivity contribution in [3.05, 3.63) is 22.9 Å². The fraction of sp³-hybridized carbons (Fsp3) is 0.733. The van der Waals surface area contributed by atoms with Gasteiger partial charge in [-0.25, -0.2) is 0 Å². The van der Waals surface area contributed by atoms with Crippen LogP contribution in [0.3, 0.4) is 0 Å². The Morgan fingerprint density at radius 2 is 1.53 bits per heavy atom. The number of allylic oxidation sites excluding steroid dienone is 4. The van der Waals surface area contributed by atoms with Crippen molar-refractivity contribution in [2.75, 3.05) is 0 Å². The molecule has 4 heteroatoms. The molecule has 0 aromatic carbocycles. The van der Waals surface area contributed by atoms with E-state index >= 15 is 0 Å². The molecule has 1 saturated heterocycles. The molecule has 3 nitrogen and oxygen atoms in total. The normalized spacial score (nSPS) is 23.5. The molecule has 0 aromatic rings. The maximum absolute atomic E-state index is 10.1. The lowest BCUT2D eigenvalue weighted by Crippen LogP contribution is -2.41. The Kier molecular flexibility index (Phi) is 4.91. The van der Waals surface area contributed by atoms with Crippen LogP contribution >= 0.6 is 0 Å². The molecule has 0 atom stereocenters. The Balaban J connectivity index is 3.11. The van der Waals surface area contributed by atoms with Crippen LogP contribution in [0.15, 0.2) is 22.9 Å². The number of aliphatic hydroxyl groups is 1. The lowest BCUT2D eigenvalue weighted by Gasteiger charge is -2.32. The standard InChI is InChI=1S/C15H27BO3/c1-8-11(3)10-12(13(17)9-2)16-18-14(4,5)15(6,7)19-16/h10,17H,8-9H2,1-7H3/b11-10?,13-12-. The van der Waals surface area contributed by atoms with Crippen molar-refractivity contribution < 1.29 is 14.4 Å². The Bertz CT molecular complexity index is 378. The third kappa shape index (κ3) is 3.43. The molecule has 1 rings (SSSR count). The van der Waals surface area contributed by atoms with Gasteiger partial charge in [-0.1, -0.05) is 25.5 Å². The largest absolute Gasteiger partial charge is 0.513 e. The fourth-order valence-corrected chi connectivity index (χ4v) is 1.83. The summed E-state index contributed by atoms with van der Waals surface area (Å²) in [7, 11) is -0.494. The molecule has 19 heavy (non-hydrogen) atoms. The summed E-state index contributed by atoms with van der Waals surface area (Å²) < 4.78 is 12.0. The van der Waals surface area contributed by atoms with Crippen molar-refractivity contribution in [2.24, 2.45) is 0 Å². The van der Waals surface area contributed by atoms with Crippen LogP contribution in [0.25, 0.3) is 0 Å². The van der Waals surface area contributed by atoms with Gasteiger partial charge in [-0.3, -0.25) is 0 Å². The van der Waals surface area contributed by atoms with Gasteiger partial charge in [0.1, 0.15) is 0 Å². The zero-order valence-corrected chi connectivity index (χ0v) is 13.3. The first-order chi connectivity index (χ1) is 8.64. The molecule has 0 spiro atoms. The second-order valence-electron chi connectivity index (χ2n) is 6.19. The highest BCUT2D eigenvalue weighted by atomic mass is 16.7. The molecule has 0 bridgehead atoms. The van der Waals surface area contributed by atoms with Gasteiger partial charge in [0, 0.05) is 11.9 Å². The van der Waals surface area contributed by atoms with Crippen LogP contribution in [0, 0.1) is 0 Å². The lowest BCUT2D eigenvalue weighted by atomic mass is 9.75. The van der Waals surface area contributed by atoms with Crippen LogP contribution in [0.2, 0.25) is 0 Å². The Hall–Kier alpha value is -0.735. The van der Waals surface area contributed by atoms with Gasteiger partial charge in [0.15, 0.2) is 0 Å². The number of hydrogen-bond donors (Lipinski definition) is 1. The van der Waals surface area contributed by atoms with Gasteiger partial charge in [-0.15, -0.1) is 0 Å². The summed E-state index contributed by atoms with van der Waals surface area (Å²) in [6.07, 6.45) is 3.51. The van der Waals surface area contributed by atoms with Crippen LogP contribution in [0.1, 0.15) is 61.3 Å². The maximum atomic E-state index is 10.1. The number of rotatable bonds is 4. The predicted octanol–water partition coefficient (Wildman–Crippen LogP) is 4.20. The number of hydrogen-bond acceptors (Lipinski definition) is 3. The average molecular weight is 266 g/mol. The van der Waals surface area contributed by atoms with E-state index in [9.17, 15) is 5.11 Å². The molecule has 1 aliphatic rings. The van der Waals surface area contributed by atoms with Gasteiger partial charge >= 0.3 is 7.12 Å². The summed E-state index contributed by atoms with van der Waals surface area (Å²) in [6, 6.07) is 0. The summed E-state index contributed by atoms with van der Waals surface area (Å²) >= 11 is 0. The van der Waals surface area contributed by atoms with Crippen molar-refractivity contribution >= 4 is 7.12 Å². The van der Waals surface area contributed by atoms with Gasteiger partial charge in [0.2, 0.25) is 0 Å². The van der Waals surface area contributed by atoms with E-state index in [1.165, 1.54) is 5.57 Å². The van der Waals surface area contributed by atoms with Crippen molar-refractivity contribution in [2.45, 2.75) is 72.5 Å². The molecule has 108 valence electrons. The highest BCUT2D eigenvalue weighted by Gasteiger charge is 2.52. The summed E-state index contributed by atoms with van der Waals surface area (Å²) in [5, 5.41) is 10.1. The molecule has 0 unspecified atom stereocenters. The zero-order valence-electron chi connectivity index (χ0n) is 13.3. The highest BCUT2D eigenvalue weighted by molar-refractivity contribution is 6.55. The molecule has 0 amide bonds. The minimum atomic E-state index is -0.494. The van der Waals surface area contributed by atoms with E-state index in [2.05, 4.69) is 6.92 Å². The second-order valence-corrected chi connectivity index (χ2v) is 6.19. The molecule has 1 heterocycles. The first-order valence-corrected chi connectivity index (χ1v) is 7.09. The third-order valence-electron chi connectivity index (χ3n) is 4.13. The molecule has 0 saturated carbocycles. The summed E-state index contributed by atoms with van der Waals surface area (Å²) in [5.74, 6) is 0.339. The Labute approximate surface area is 117 Å². The molecule has 0 aliphatic carbocycles. The van der Waals surface area contributed by atoms with Gasteiger partial charge in [0.05, 0.1) is 17.0 Å². The zero-order chi connectivity index (χ0) is 14.8. The van der Waals surface area contributed by atoms with E-state index in [1.807, 2.05) is 47.6 Å². The van der Waals surface area contributed by atoms with Crippen LogP contribution < -0.4 is 0 Å². The first kappa shape index (κ1) is 16.3. The van der Waals surface area contributed by atoms with Crippen LogP contribution in [0.4, 0.5) is 0 Å². The van der Waals surface area contributed by atoms with Crippen molar-refractivity contribution in [3.63, 3.8) is 0 Å². The molecule has 1 fully saturated rings. The van der Waals surface area contributed by atoms with Crippen LogP contribution in [-0.2, 0) is 9.31 Å². The second kappa shape index (κ2) is 5.72. The summed E-state index contributed by atoms with van der Waals surface area (Å²) in [6.45, 7) is 14.1. The Morgan fingerprint density at radius 3 is 1.89 bits per heavy atom. The van der Waals surface area contributed by atoms with E-state index < -0.39 is 7.12 Å². The van der Waals surface area contributed by atoms with Crippen LogP contribution in [0.5, 0.6) is 0 Å². The topological polar surface area (TPSA) is 38.7 Å². The minimum absolute atomic E-state index is 0.339. The van der Waals surface area contributed by atoms with Gasteiger partial charge < -0.3 is 14.4 Å². The van der Waals surface area contributed by atoms with E-state index in [0.29, 0.717) is 12.2 Å². The third-order valence-corrected chi connectivity index (χ3v) is 4.13. The summed E-state index contributed by atoms with van der Waals surface area (Å²) in [5.41, 5.74) is 1.18. The van der Waals surface area contributed by atoms with Gasteiger partial charge in [-0.2, -0.15) is 0 Å². The van der Waals surface area contributed by atoms with Crippen LogP contribution in [-0.4, -0.2) is 23.4 Å². The molecular weight excluding hydrogens is 239 g/mol. The predicted molar refractivity (Wildman–Crippen MR) is 80.1 cm³/mol. The monoisotopic (exact) mass is 266 g/mol. The SMILES string of the molecule is CCC(C)=C/C(B1OC(C)(C)C(C)(C)O1)=C(/O)CC. The first-order valence-electron chi connectivity index (χ1n) is 7.09. The minimum Gasteiger partial charge on any atom is -0.513 e. The van der Waals surface area contributed by atoms with E-state index in [0.717, 1.165) is 11.9 Å². The lowest BCUT2D eigenvalue weighted by molar-refractivity contribution is 0.00578.